The molecule has 0 bridgehead atoms. The molecular weight excluding hydrogens is 386 g/mol. The van der Waals surface area contributed by atoms with Crippen molar-refractivity contribution in [2.24, 2.45) is 0 Å². The average Bonchev–Trinajstić information content (AvgIpc) is 3.07. The highest BCUT2D eigenvalue weighted by Gasteiger charge is 2.23. The minimum Gasteiger partial charge on any atom is -0.287 e. The smallest absolute Gasteiger partial charge is 0.263 e. The van der Waals surface area contributed by atoms with E-state index in [9.17, 15) is 10.1 Å². The van der Waals surface area contributed by atoms with Gasteiger partial charge in [0.2, 0.25) is 0 Å². The van der Waals surface area contributed by atoms with E-state index in [2.05, 4.69) is 37.3 Å². The molecule has 6 heteroatoms. The lowest BCUT2D eigenvalue weighted by molar-refractivity contribution is 0.632. The van der Waals surface area contributed by atoms with Crippen LogP contribution in [0.4, 0.5) is 0 Å². The van der Waals surface area contributed by atoms with Gasteiger partial charge in [-0.25, -0.2) is 4.98 Å². The maximum Gasteiger partial charge on any atom is 0.263 e. The minimum atomic E-state index is -0.278. The van der Waals surface area contributed by atoms with Crippen molar-refractivity contribution < 1.29 is 0 Å². The number of thioether (sulfide) groups is 1. The molecule has 0 N–H and O–H groups in total. The number of nitrogens with zero attached hydrogens (tertiary/aromatic N) is 3. The topological polar surface area (TPSA) is 58.7 Å². The van der Waals surface area contributed by atoms with E-state index in [0.29, 0.717) is 18.1 Å². The van der Waals surface area contributed by atoms with Crippen molar-refractivity contribution in [3.05, 3.63) is 56.2 Å². The summed E-state index contributed by atoms with van der Waals surface area (Å²) in [6.07, 6.45) is 5.01. The van der Waals surface area contributed by atoms with Crippen LogP contribution >= 0.6 is 23.1 Å². The van der Waals surface area contributed by atoms with Gasteiger partial charge in [-0.3, -0.25) is 9.36 Å². The van der Waals surface area contributed by atoms with Crippen molar-refractivity contribution in [1.82, 2.24) is 9.55 Å². The van der Waals surface area contributed by atoms with E-state index in [-0.39, 0.29) is 10.8 Å². The van der Waals surface area contributed by atoms with Crippen LogP contribution in [0.3, 0.4) is 0 Å². The number of thiophene rings is 1. The Kier molecular flexibility index (Phi) is 5.56. The summed E-state index contributed by atoms with van der Waals surface area (Å²) in [6.45, 7) is 4.59. The molecule has 0 fully saturated rings. The Bertz CT molecular complexity index is 1110. The second-order valence-corrected chi connectivity index (χ2v) is 9.51. The van der Waals surface area contributed by atoms with Crippen LogP contribution < -0.4 is 5.56 Å². The van der Waals surface area contributed by atoms with Crippen LogP contribution in [0.1, 0.15) is 41.3 Å². The van der Waals surface area contributed by atoms with E-state index in [1.807, 2.05) is 6.92 Å². The summed E-state index contributed by atoms with van der Waals surface area (Å²) in [4.78, 5) is 20.2. The van der Waals surface area contributed by atoms with Crippen molar-refractivity contribution >= 4 is 33.3 Å². The number of hydrogen-bond acceptors (Lipinski definition) is 5. The van der Waals surface area contributed by atoms with Gasteiger partial charge in [-0.05, 0) is 57.1 Å². The Morgan fingerprint density at radius 2 is 2.04 bits per heavy atom. The molecule has 1 aliphatic rings. The molecule has 3 aromatic rings. The average molecular weight is 410 g/mol. The van der Waals surface area contributed by atoms with Gasteiger partial charge in [0.15, 0.2) is 5.16 Å². The van der Waals surface area contributed by atoms with Crippen molar-refractivity contribution in [3.8, 4) is 6.07 Å². The lowest BCUT2D eigenvalue weighted by atomic mass is 9.97. The third kappa shape index (κ3) is 3.61. The fraction of sp³-hybridized carbons (Fsp3) is 0.409. The van der Waals surface area contributed by atoms with Gasteiger partial charge in [0.1, 0.15) is 10.1 Å². The van der Waals surface area contributed by atoms with Crippen LogP contribution in [0, 0.1) is 18.3 Å². The van der Waals surface area contributed by atoms with Crippen LogP contribution in [-0.2, 0) is 25.8 Å². The number of aryl methyl sites for hydroxylation is 3. The third-order valence-electron chi connectivity index (χ3n) is 5.29. The van der Waals surface area contributed by atoms with Gasteiger partial charge in [-0.2, -0.15) is 5.26 Å². The largest absolute Gasteiger partial charge is 0.287 e. The first-order valence-electron chi connectivity index (χ1n) is 9.77. The van der Waals surface area contributed by atoms with Crippen molar-refractivity contribution in [3.63, 3.8) is 0 Å². The molecule has 4 rings (SSSR count). The number of hydrogen-bond donors (Lipinski definition) is 0. The van der Waals surface area contributed by atoms with Gasteiger partial charge in [0.05, 0.1) is 11.5 Å². The molecule has 4 nitrogen and oxygen atoms in total. The standard InChI is InChI=1S/C22H23N3OS2/c1-3-25-21(26)19-17-6-4-5-7-18(17)28-20(19)24-22(25)27-16(13-23)12-15-10-8-14(2)9-11-15/h8-11,16H,3-7,12H2,1-2H3/t16-/m0/s1. The van der Waals surface area contributed by atoms with Crippen LogP contribution in [0.25, 0.3) is 10.2 Å². The number of nitriles is 1. The van der Waals surface area contributed by atoms with Crippen molar-refractivity contribution in [2.75, 3.05) is 0 Å². The summed E-state index contributed by atoms with van der Waals surface area (Å²) >= 11 is 3.08. The zero-order chi connectivity index (χ0) is 19.7. The zero-order valence-corrected chi connectivity index (χ0v) is 17.8. The quantitative estimate of drug-likeness (QED) is 0.445. The van der Waals surface area contributed by atoms with Crippen molar-refractivity contribution in [2.45, 2.75) is 62.9 Å². The highest BCUT2D eigenvalue weighted by molar-refractivity contribution is 8.00. The molecule has 0 unspecified atom stereocenters. The molecule has 0 aliphatic heterocycles. The van der Waals surface area contributed by atoms with Crippen LogP contribution in [0.5, 0.6) is 0 Å². The molecule has 2 heterocycles. The Morgan fingerprint density at radius 3 is 2.75 bits per heavy atom. The van der Waals surface area contributed by atoms with Gasteiger partial charge < -0.3 is 0 Å². The van der Waals surface area contributed by atoms with Crippen LogP contribution in [0.2, 0.25) is 0 Å². The van der Waals surface area contributed by atoms with Crippen LogP contribution in [0.15, 0.2) is 34.2 Å². The molecule has 0 radical (unpaired) electrons. The first kappa shape index (κ1) is 19.2. The lowest BCUT2D eigenvalue weighted by Crippen LogP contribution is -2.24. The van der Waals surface area contributed by atoms with Gasteiger partial charge in [-0.1, -0.05) is 41.6 Å². The monoisotopic (exact) mass is 409 g/mol. The SMILES string of the molecule is CCn1c(S[C@H](C#N)Cc2ccc(C)cc2)nc2sc3c(c2c1=O)CCCC3. The predicted molar refractivity (Wildman–Crippen MR) is 116 cm³/mol. The summed E-state index contributed by atoms with van der Waals surface area (Å²) in [5.74, 6) is 0. The molecule has 2 aromatic heterocycles. The van der Waals surface area contributed by atoms with Crippen molar-refractivity contribution in [1.29, 1.82) is 5.26 Å². The molecule has 28 heavy (non-hydrogen) atoms. The van der Waals surface area contributed by atoms with Crippen LogP contribution in [-0.4, -0.2) is 14.8 Å². The van der Waals surface area contributed by atoms with E-state index in [1.165, 1.54) is 34.2 Å². The predicted octanol–water partition coefficient (Wildman–Crippen LogP) is 4.89. The van der Waals surface area contributed by atoms with E-state index < -0.39 is 0 Å². The summed E-state index contributed by atoms with van der Waals surface area (Å²) in [5, 5.41) is 10.9. The summed E-state index contributed by atoms with van der Waals surface area (Å²) < 4.78 is 1.74. The maximum absolute atomic E-state index is 13.2. The Balaban J connectivity index is 1.70. The lowest BCUT2D eigenvalue weighted by Gasteiger charge is -2.14. The molecule has 1 aliphatic carbocycles. The maximum atomic E-state index is 13.2. The molecule has 1 atom stereocenters. The molecule has 0 saturated heterocycles. The molecule has 0 saturated carbocycles. The highest BCUT2D eigenvalue weighted by Crippen LogP contribution is 2.35. The van der Waals surface area contributed by atoms with E-state index in [1.54, 1.807) is 15.9 Å². The molecule has 0 amide bonds. The number of benzene rings is 1. The first-order chi connectivity index (χ1) is 13.6. The fourth-order valence-corrected chi connectivity index (χ4v) is 6.14. The number of fused-ring (bicyclic) bond motifs is 3. The first-order valence-corrected chi connectivity index (χ1v) is 11.5. The zero-order valence-electron chi connectivity index (χ0n) is 16.2. The van der Waals surface area contributed by atoms with Gasteiger partial charge in [0.25, 0.3) is 5.56 Å². The van der Waals surface area contributed by atoms with E-state index in [0.717, 1.165) is 35.0 Å². The third-order valence-corrected chi connectivity index (χ3v) is 7.55. The molecular formula is C22H23N3OS2. The van der Waals surface area contributed by atoms with Gasteiger partial charge >= 0.3 is 0 Å². The molecule has 1 aromatic carbocycles. The fourth-order valence-electron chi connectivity index (χ4n) is 3.77. The summed E-state index contributed by atoms with van der Waals surface area (Å²) in [5.41, 5.74) is 3.61. The van der Waals surface area contributed by atoms with Gasteiger partial charge in [-0.15, -0.1) is 11.3 Å². The summed E-state index contributed by atoms with van der Waals surface area (Å²) in [6, 6.07) is 10.7. The second-order valence-electron chi connectivity index (χ2n) is 7.26. The number of aromatic nitrogens is 2. The molecule has 144 valence electrons. The molecule has 0 spiro atoms. The number of rotatable bonds is 5. The Hall–Kier alpha value is -2.10. The highest BCUT2D eigenvalue weighted by atomic mass is 32.2. The van der Waals surface area contributed by atoms with E-state index >= 15 is 0 Å². The Labute approximate surface area is 173 Å². The Morgan fingerprint density at radius 1 is 1.29 bits per heavy atom. The minimum absolute atomic E-state index is 0.0569. The normalized spacial score (nSPS) is 14.6. The van der Waals surface area contributed by atoms with E-state index in [4.69, 9.17) is 4.98 Å². The second kappa shape index (κ2) is 8.10. The van der Waals surface area contributed by atoms with Gasteiger partial charge in [0, 0.05) is 11.4 Å². The summed E-state index contributed by atoms with van der Waals surface area (Å²) in [7, 11) is 0.